The number of fused-ring (bicyclic) bond motifs is 1. The number of anilines is 1. The number of hydrogen-bond acceptors (Lipinski definition) is 3. The minimum atomic E-state index is -0.256. The molecule has 1 amide bonds. The molecule has 4 aromatic rings. The average Bonchev–Trinajstić information content (AvgIpc) is 3.17. The monoisotopic (exact) mass is 372 g/mol. The van der Waals surface area contributed by atoms with Gasteiger partial charge in [0, 0.05) is 23.6 Å². The third kappa shape index (κ3) is 3.57. The highest BCUT2D eigenvalue weighted by Gasteiger charge is 2.11. The van der Waals surface area contributed by atoms with Crippen LogP contribution in [0.2, 0.25) is 0 Å². The van der Waals surface area contributed by atoms with Crippen LogP contribution < -0.4 is 10.9 Å². The van der Waals surface area contributed by atoms with Crippen LogP contribution in [-0.4, -0.2) is 20.1 Å². The van der Waals surface area contributed by atoms with Crippen molar-refractivity contribution in [2.24, 2.45) is 0 Å². The van der Waals surface area contributed by atoms with E-state index < -0.39 is 0 Å². The van der Waals surface area contributed by atoms with E-state index >= 15 is 0 Å². The van der Waals surface area contributed by atoms with E-state index in [0.29, 0.717) is 11.2 Å². The predicted octanol–water partition coefficient (Wildman–Crippen LogP) is 3.36. The van der Waals surface area contributed by atoms with Crippen molar-refractivity contribution in [2.75, 3.05) is 5.32 Å². The first-order valence-electron chi connectivity index (χ1n) is 9.17. The molecule has 140 valence electrons. The van der Waals surface area contributed by atoms with E-state index in [-0.39, 0.29) is 18.0 Å². The van der Waals surface area contributed by atoms with Gasteiger partial charge in [0.15, 0.2) is 0 Å². The molecule has 0 aliphatic carbocycles. The Morgan fingerprint density at radius 1 is 1.04 bits per heavy atom. The number of carbonyl (C=O) groups excluding carboxylic acids is 1. The third-order valence-corrected chi connectivity index (χ3v) is 4.63. The second kappa shape index (κ2) is 7.52. The van der Waals surface area contributed by atoms with Crippen molar-refractivity contribution in [1.82, 2.24) is 14.2 Å². The molecule has 0 bridgehead atoms. The van der Waals surface area contributed by atoms with E-state index in [4.69, 9.17) is 0 Å². The second-order valence-corrected chi connectivity index (χ2v) is 6.56. The summed E-state index contributed by atoms with van der Waals surface area (Å²) in [5.74, 6) is -0.251. The van der Waals surface area contributed by atoms with Gasteiger partial charge in [-0.1, -0.05) is 49.4 Å². The Morgan fingerprint density at radius 2 is 1.79 bits per heavy atom. The van der Waals surface area contributed by atoms with Crippen molar-refractivity contribution >= 4 is 17.1 Å². The maximum absolute atomic E-state index is 12.8. The maximum atomic E-state index is 12.8. The van der Waals surface area contributed by atoms with E-state index in [2.05, 4.69) is 17.3 Å². The predicted molar refractivity (Wildman–Crippen MR) is 109 cm³/mol. The van der Waals surface area contributed by atoms with Crippen LogP contribution in [-0.2, 0) is 17.8 Å². The first-order chi connectivity index (χ1) is 13.6. The lowest BCUT2D eigenvalue weighted by Crippen LogP contribution is -2.28. The largest absolute Gasteiger partial charge is 0.325 e. The van der Waals surface area contributed by atoms with Crippen LogP contribution in [0.1, 0.15) is 12.5 Å². The molecule has 6 nitrogen and oxygen atoms in total. The Labute approximate surface area is 162 Å². The molecular weight excluding hydrogens is 352 g/mol. The molecule has 0 fully saturated rings. The zero-order valence-corrected chi connectivity index (χ0v) is 15.5. The van der Waals surface area contributed by atoms with Gasteiger partial charge < -0.3 is 9.88 Å². The molecule has 1 N–H and O–H groups in total. The number of aromatic nitrogens is 3. The van der Waals surface area contributed by atoms with Gasteiger partial charge in [0.05, 0.1) is 5.69 Å². The third-order valence-electron chi connectivity index (χ3n) is 4.63. The van der Waals surface area contributed by atoms with Gasteiger partial charge >= 0.3 is 0 Å². The minimum absolute atomic E-state index is 0.0588. The molecule has 2 aromatic carbocycles. The summed E-state index contributed by atoms with van der Waals surface area (Å²) in [6.45, 7) is 2.02. The maximum Gasteiger partial charge on any atom is 0.277 e. The molecule has 0 spiro atoms. The lowest BCUT2D eigenvalue weighted by molar-refractivity contribution is -0.116. The molecule has 4 rings (SSSR count). The Morgan fingerprint density at radius 3 is 2.50 bits per heavy atom. The smallest absolute Gasteiger partial charge is 0.277 e. The fourth-order valence-electron chi connectivity index (χ4n) is 3.08. The lowest BCUT2D eigenvalue weighted by Gasteiger charge is -2.08. The zero-order valence-electron chi connectivity index (χ0n) is 15.5. The molecule has 28 heavy (non-hydrogen) atoms. The Kier molecular flexibility index (Phi) is 4.76. The molecule has 0 radical (unpaired) electrons. The quantitative estimate of drug-likeness (QED) is 0.584. The van der Waals surface area contributed by atoms with Crippen molar-refractivity contribution in [3.63, 3.8) is 0 Å². The molecule has 0 aliphatic heterocycles. The highest BCUT2D eigenvalue weighted by molar-refractivity contribution is 5.90. The number of nitrogens with one attached hydrogen (secondary N) is 1. The lowest BCUT2D eigenvalue weighted by atomic mass is 10.1. The standard InChI is InChI=1S/C22H20N4O2/c1-2-16-8-10-18(11-9-16)23-21(27)15-25-12-13-26-20(22(25)28)14-19(24-26)17-6-4-3-5-7-17/h3-14H,2,15H2,1H3,(H,23,27). The van der Waals surface area contributed by atoms with Gasteiger partial charge in [-0.25, -0.2) is 4.52 Å². The molecule has 0 saturated carbocycles. The first-order valence-corrected chi connectivity index (χ1v) is 9.17. The van der Waals surface area contributed by atoms with Gasteiger partial charge in [-0.05, 0) is 30.2 Å². The summed E-state index contributed by atoms with van der Waals surface area (Å²) in [6, 6.07) is 19.1. The highest BCUT2D eigenvalue weighted by Crippen LogP contribution is 2.17. The second-order valence-electron chi connectivity index (χ2n) is 6.56. The van der Waals surface area contributed by atoms with Crippen LogP contribution >= 0.6 is 0 Å². The van der Waals surface area contributed by atoms with E-state index in [0.717, 1.165) is 17.7 Å². The molecule has 0 aliphatic rings. The van der Waals surface area contributed by atoms with Crippen molar-refractivity contribution in [1.29, 1.82) is 0 Å². The first kappa shape index (κ1) is 17.7. The summed E-state index contributed by atoms with van der Waals surface area (Å²) in [7, 11) is 0. The van der Waals surface area contributed by atoms with E-state index in [1.54, 1.807) is 23.0 Å². The van der Waals surface area contributed by atoms with Gasteiger partial charge in [0.1, 0.15) is 12.1 Å². The molecule has 2 aromatic heterocycles. The van der Waals surface area contributed by atoms with Gasteiger partial charge in [0.2, 0.25) is 5.91 Å². The topological polar surface area (TPSA) is 68.4 Å². The number of carbonyl (C=O) groups is 1. The summed E-state index contributed by atoms with van der Waals surface area (Å²) < 4.78 is 2.93. The van der Waals surface area contributed by atoms with Crippen LogP contribution in [0.3, 0.4) is 0 Å². The van der Waals surface area contributed by atoms with Crippen molar-refractivity contribution < 1.29 is 4.79 Å². The molecule has 2 heterocycles. The number of amides is 1. The van der Waals surface area contributed by atoms with Gasteiger partial charge in [-0.15, -0.1) is 0 Å². The Balaban J connectivity index is 1.56. The molecule has 0 atom stereocenters. The summed E-state index contributed by atoms with van der Waals surface area (Å²) in [4.78, 5) is 25.1. The van der Waals surface area contributed by atoms with E-state index in [1.165, 1.54) is 10.1 Å². The normalized spacial score (nSPS) is 10.9. The molecule has 0 saturated heterocycles. The van der Waals surface area contributed by atoms with Crippen molar-refractivity contribution in [2.45, 2.75) is 19.9 Å². The van der Waals surface area contributed by atoms with Crippen LogP contribution in [0.4, 0.5) is 5.69 Å². The number of hydrogen-bond donors (Lipinski definition) is 1. The van der Waals surface area contributed by atoms with Crippen LogP contribution in [0.25, 0.3) is 16.8 Å². The number of benzene rings is 2. The SMILES string of the molecule is CCc1ccc(NC(=O)Cn2ccn3nc(-c4ccccc4)cc3c2=O)cc1. The Bertz CT molecular complexity index is 1170. The van der Waals surface area contributed by atoms with Crippen molar-refractivity contribution in [3.05, 3.63) is 89.0 Å². The van der Waals surface area contributed by atoms with Crippen LogP contribution in [0, 0.1) is 0 Å². The van der Waals surface area contributed by atoms with Crippen molar-refractivity contribution in [3.8, 4) is 11.3 Å². The number of rotatable bonds is 5. The van der Waals surface area contributed by atoms with Gasteiger partial charge in [0.25, 0.3) is 5.56 Å². The number of nitrogens with zero attached hydrogens (tertiary/aromatic N) is 3. The summed E-state index contributed by atoms with van der Waals surface area (Å²) in [5, 5.41) is 7.28. The van der Waals surface area contributed by atoms with Gasteiger partial charge in [-0.2, -0.15) is 5.10 Å². The summed E-state index contributed by atoms with van der Waals surface area (Å²) >= 11 is 0. The highest BCUT2D eigenvalue weighted by atomic mass is 16.2. The summed E-state index contributed by atoms with van der Waals surface area (Å²) in [6.07, 6.45) is 4.21. The minimum Gasteiger partial charge on any atom is -0.325 e. The zero-order chi connectivity index (χ0) is 19.5. The molecule has 0 unspecified atom stereocenters. The van der Waals surface area contributed by atoms with Gasteiger partial charge in [-0.3, -0.25) is 9.59 Å². The van der Waals surface area contributed by atoms with Crippen LogP contribution in [0.5, 0.6) is 0 Å². The summed E-state index contributed by atoms with van der Waals surface area (Å²) in [5.41, 5.74) is 3.75. The molecular formula is C22H20N4O2. The van der Waals surface area contributed by atoms with Crippen LogP contribution in [0.15, 0.2) is 77.9 Å². The Hall–Kier alpha value is -3.67. The number of aryl methyl sites for hydroxylation is 1. The fourth-order valence-corrected chi connectivity index (χ4v) is 3.08. The fraction of sp³-hybridized carbons (Fsp3) is 0.136. The molecule has 6 heteroatoms. The van der Waals surface area contributed by atoms with E-state index in [9.17, 15) is 9.59 Å². The van der Waals surface area contributed by atoms with E-state index in [1.807, 2.05) is 54.6 Å². The average molecular weight is 372 g/mol.